The zero-order valence-electron chi connectivity index (χ0n) is 15.4. The van der Waals surface area contributed by atoms with Gasteiger partial charge in [-0.15, -0.1) is 5.10 Å². The number of rotatable bonds is 5. The summed E-state index contributed by atoms with van der Waals surface area (Å²) in [5.74, 6) is 1.23. The van der Waals surface area contributed by atoms with Crippen molar-refractivity contribution >= 4 is 16.0 Å². The molecule has 1 saturated heterocycles. The summed E-state index contributed by atoms with van der Waals surface area (Å²) in [6, 6.07) is 7.21. The standard InChI is InChI=1S/C18H24N4O4S/c1-14-19-20-18(25-14)21-10-12-22(13-11-21)27(23,24)17-8-6-16(7-9-17)26-15-4-2-3-5-15/h6-9,15H,2-5,10-13H2,1H3. The number of hydrogen-bond acceptors (Lipinski definition) is 7. The van der Waals surface area contributed by atoms with Crippen molar-refractivity contribution in [3.05, 3.63) is 30.2 Å². The second-order valence-corrected chi connectivity index (χ2v) is 8.93. The fourth-order valence-electron chi connectivity index (χ4n) is 3.57. The van der Waals surface area contributed by atoms with Crippen LogP contribution < -0.4 is 9.64 Å². The first-order valence-corrected chi connectivity index (χ1v) is 10.8. The summed E-state index contributed by atoms with van der Waals surface area (Å²) in [5, 5.41) is 7.81. The quantitative estimate of drug-likeness (QED) is 0.771. The molecular weight excluding hydrogens is 368 g/mol. The minimum absolute atomic E-state index is 0.258. The molecule has 0 radical (unpaired) electrons. The lowest BCUT2D eigenvalue weighted by molar-refractivity contribution is 0.210. The number of aromatic nitrogens is 2. The van der Waals surface area contributed by atoms with Crippen LogP contribution in [0.25, 0.3) is 0 Å². The van der Waals surface area contributed by atoms with Crippen molar-refractivity contribution in [2.24, 2.45) is 0 Å². The molecular formula is C18H24N4O4S. The molecule has 9 heteroatoms. The maximum atomic E-state index is 12.9. The van der Waals surface area contributed by atoms with E-state index in [1.165, 1.54) is 17.1 Å². The number of hydrogen-bond donors (Lipinski definition) is 0. The predicted octanol–water partition coefficient (Wildman–Crippen LogP) is 2.21. The summed E-state index contributed by atoms with van der Waals surface area (Å²) in [4.78, 5) is 2.20. The molecule has 0 unspecified atom stereocenters. The molecule has 27 heavy (non-hydrogen) atoms. The molecule has 0 spiro atoms. The van der Waals surface area contributed by atoms with E-state index in [2.05, 4.69) is 10.2 Å². The SMILES string of the molecule is Cc1nnc(N2CCN(S(=O)(=O)c3ccc(OC4CCCC4)cc3)CC2)o1. The Balaban J connectivity index is 1.39. The first kappa shape index (κ1) is 18.2. The average molecular weight is 392 g/mol. The third-order valence-corrected chi connectivity index (χ3v) is 7.00. The van der Waals surface area contributed by atoms with Crippen molar-refractivity contribution < 1.29 is 17.6 Å². The molecule has 0 atom stereocenters. The van der Waals surface area contributed by atoms with Gasteiger partial charge in [0.05, 0.1) is 11.0 Å². The summed E-state index contributed by atoms with van der Waals surface area (Å²) in [7, 11) is -3.52. The molecule has 1 aromatic heterocycles. The van der Waals surface area contributed by atoms with Crippen LogP contribution in [0, 0.1) is 6.92 Å². The van der Waals surface area contributed by atoms with Gasteiger partial charge in [-0.3, -0.25) is 0 Å². The zero-order chi connectivity index (χ0) is 18.9. The molecule has 0 bridgehead atoms. The lowest BCUT2D eigenvalue weighted by Gasteiger charge is -2.32. The van der Waals surface area contributed by atoms with E-state index in [9.17, 15) is 8.42 Å². The van der Waals surface area contributed by atoms with E-state index < -0.39 is 10.0 Å². The number of benzene rings is 1. The highest BCUT2D eigenvalue weighted by Gasteiger charge is 2.30. The monoisotopic (exact) mass is 392 g/mol. The van der Waals surface area contributed by atoms with Crippen LogP contribution in [0.3, 0.4) is 0 Å². The minimum Gasteiger partial charge on any atom is -0.490 e. The van der Waals surface area contributed by atoms with Crippen molar-refractivity contribution in [2.75, 3.05) is 31.1 Å². The number of sulfonamides is 1. The van der Waals surface area contributed by atoms with Crippen molar-refractivity contribution in [1.82, 2.24) is 14.5 Å². The third kappa shape index (κ3) is 3.93. The van der Waals surface area contributed by atoms with E-state index in [0.717, 1.165) is 18.6 Å². The molecule has 2 aliphatic rings. The maximum absolute atomic E-state index is 12.9. The summed E-state index contributed by atoms with van der Waals surface area (Å²) in [5.41, 5.74) is 0. The van der Waals surface area contributed by atoms with E-state index in [1.807, 2.05) is 4.90 Å². The number of nitrogens with zero attached hydrogens (tertiary/aromatic N) is 4. The van der Waals surface area contributed by atoms with Gasteiger partial charge in [-0.05, 0) is 49.9 Å². The van der Waals surface area contributed by atoms with Crippen molar-refractivity contribution in [3.8, 4) is 5.75 Å². The summed E-state index contributed by atoms with van der Waals surface area (Å²) in [6.45, 7) is 3.53. The van der Waals surface area contributed by atoms with Crippen LogP contribution in [0.5, 0.6) is 5.75 Å². The fraction of sp³-hybridized carbons (Fsp3) is 0.556. The normalized spacial score (nSPS) is 19.5. The van der Waals surface area contributed by atoms with Gasteiger partial charge in [0, 0.05) is 33.1 Å². The lowest BCUT2D eigenvalue weighted by Crippen LogP contribution is -2.48. The van der Waals surface area contributed by atoms with Crippen molar-refractivity contribution in [3.63, 3.8) is 0 Å². The second-order valence-electron chi connectivity index (χ2n) is 6.99. The van der Waals surface area contributed by atoms with E-state index in [4.69, 9.17) is 9.15 Å². The molecule has 1 aliphatic carbocycles. The van der Waals surface area contributed by atoms with Gasteiger partial charge in [0.15, 0.2) is 0 Å². The van der Waals surface area contributed by atoms with Crippen LogP contribution in [0.1, 0.15) is 31.6 Å². The Morgan fingerprint density at radius 2 is 1.70 bits per heavy atom. The maximum Gasteiger partial charge on any atom is 0.318 e. The van der Waals surface area contributed by atoms with Crippen LogP contribution in [0.15, 0.2) is 33.6 Å². The van der Waals surface area contributed by atoms with Crippen LogP contribution in [0.4, 0.5) is 6.01 Å². The molecule has 8 nitrogen and oxygen atoms in total. The number of piperazine rings is 1. The van der Waals surface area contributed by atoms with Gasteiger partial charge in [0.25, 0.3) is 0 Å². The van der Waals surface area contributed by atoms with Crippen molar-refractivity contribution in [2.45, 2.75) is 43.6 Å². The highest BCUT2D eigenvalue weighted by atomic mass is 32.2. The molecule has 0 amide bonds. The fourth-order valence-corrected chi connectivity index (χ4v) is 4.99. The molecule has 2 aromatic rings. The molecule has 1 aliphatic heterocycles. The lowest BCUT2D eigenvalue weighted by atomic mass is 10.3. The Bertz CT molecular complexity index is 867. The highest BCUT2D eigenvalue weighted by Crippen LogP contribution is 2.26. The molecule has 2 fully saturated rings. The van der Waals surface area contributed by atoms with Gasteiger partial charge in [0.1, 0.15) is 5.75 Å². The van der Waals surface area contributed by atoms with Crippen LogP contribution in [-0.4, -0.2) is 55.2 Å². The largest absolute Gasteiger partial charge is 0.490 e. The van der Waals surface area contributed by atoms with Gasteiger partial charge in [0.2, 0.25) is 15.9 Å². The smallest absolute Gasteiger partial charge is 0.318 e. The van der Waals surface area contributed by atoms with Gasteiger partial charge in [-0.25, -0.2) is 8.42 Å². The Hall–Kier alpha value is -2.13. The number of aryl methyl sites for hydroxylation is 1. The summed E-state index contributed by atoms with van der Waals surface area (Å²) in [6.07, 6.45) is 4.81. The van der Waals surface area contributed by atoms with Gasteiger partial charge in [-0.1, -0.05) is 5.10 Å². The van der Waals surface area contributed by atoms with E-state index in [0.29, 0.717) is 43.0 Å². The van der Waals surface area contributed by atoms with Crippen LogP contribution in [0.2, 0.25) is 0 Å². The summed E-state index contributed by atoms with van der Waals surface area (Å²) < 4.78 is 38.6. The van der Waals surface area contributed by atoms with E-state index >= 15 is 0 Å². The second kappa shape index (κ2) is 7.47. The number of ether oxygens (including phenoxy) is 1. The molecule has 1 saturated carbocycles. The molecule has 146 valence electrons. The van der Waals surface area contributed by atoms with Gasteiger partial charge < -0.3 is 14.1 Å². The van der Waals surface area contributed by atoms with Crippen molar-refractivity contribution in [1.29, 1.82) is 0 Å². The van der Waals surface area contributed by atoms with E-state index in [1.54, 1.807) is 31.2 Å². The zero-order valence-corrected chi connectivity index (χ0v) is 16.2. The topological polar surface area (TPSA) is 88.8 Å². The Morgan fingerprint density at radius 1 is 1.04 bits per heavy atom. The Kier molecular flexibility index (Phi) is 5.05. The van der Waals surface area contributed by atoms with Gasteiger partial charge >= 0.3 is 6.01 Å². The highest BCUT2D eigenvalue weighted by molar-refractivity contribution is 7.89. The average Bonchev–Trinajstić information content (AvgIpc) is 3.34. The third-order valence-electron chi connectivity index (χ3n) is 5.09. The van der Waals surface area contributed by atoms with Gasteiger partial charge in [-0.2, -0.15) is 4.31 Å². The van der Waals surface area contributed by atoms with E-state index in [-0.39, 0.29) is 6.10 Å². The number of anilines is 1. The predicted molar refractivity (Wildman–Crippen MR) is 99.3 cm³/mol. The Labute approximate surface area is 159 Å². The van der Waals surface area contributed by atoms with Crippen LogP contribution >= 0.6 is 0 Å². The minimum atomic E-state index is -3.52. The molecule has 0 N–H and O–H groups in total. The Morgan fingerprint density at radius 3 is 2.30 bits per heavy atom. The summed E-state index contributed by atoms with van der Waals surface area (Å²) >= 11 is 0. The first-order valence-electron chi connectivity index (χ1n) is 9.34. The molecule has 1 aromatic carbocycles. The first-order chi connectivity index (χ1) is 13.0. The van der Waals surface area contributed by atoms with Crippen LogP contribution in [-0.2, 0) is 10.0 Å². The molecule has 4 rings (SSSR count). The molecule has 2 heterocycles.